The average Bonchev–Trinajstić information content (AvgIpc) is 3.50. The Bertz CT molecular complexity index is 937. The van der Waals surface area contributed by atoms with Gasteiger partial charge in [-0.2, -0.15) is 0 Å². The molecular weight excluding hydrogens is 412 g/mol. The summed E-state index contributed by atoms with van der Waals surface area (Å²) in [4.78, 5) is 45.8. The van der Waals surface area contributed by atoms with Gasteiger partial charge in [0.05, 0.1) is 0 Å². The van der Waals surface area contributed by atoms with Crippen LogP contribution in [0.4, 0.5) is 5.13 Å². The summed E-state index contributed by atoms with van der Waals surface area (Å²) >= 11 is 1.36. The summed E-state index contributed by atoms with van der Waals surface area (Å²) < 4.78 is 0. The Morgan fingerprint density at radius 1 is 1.06 bits per heavy atom. The van der Waals surface area contributed by atoms with Crippen molar-refractivity contribution in [3.8, 4) is 0 Å². The standard InChI is InChI=1S/C23H26N4O3S/c28-20(9-8-17-5-2-1-3-6-17)26-14-10-18(11-15-26)22(30)27-13-4-7-19(27)21(29)25-23-24-12-16-31-23/h1-3,5-6,8-9,12,16,18-19H,4,7,10-11,13-15H2,(H,24,25,29)/b9-8+. The normalized spacial score (nSPS) is 19.7. The smallest absolute Gasteiger partial charge is 0.248 e. The van der Waals surface area contributed by atoms with Gasteiger partial charge in [0, 0.05) is 43.2 Å². The molecule has 162 valence electrons. The van der Waals surface area contributed by atoms with Gasteiger partial charge in [-0.25, -0.2) is 4.98 Å². The number of hydrogen-bond donors (Lipinski definition) is 1. The zero-order valence-corrected chi connectivity index (χ0v) is 18.1. The van der Waals surface area contributed by atoms with Crippen LogP contribution >= 0.6 is 11.3 Å². The van der Waals surface area contributed by atoms with Crippen molar-refractivity contribution >= 4 is 40.3 Å². The highest BCUT2D eigenvalue weighted by molar-refractivity contribution is 7.13. The lowest BCUT2D eigenvalue weighted by Gasteiger charge is -2.34. The van der Waals surface area contributed by atoms with Crippen molar-refractivity contribution in [3.05, 3.63) is 53.5 Å². The Balaban J connectivity index is 1.29. The summed E-state index contributed by atoms with van der Waals surface area (Å²) in [5.74, 6) is -0.310. The lowest BCUT2D eigenvalue weighted by Crippen LogP contribution is -2.48. The minimum atomic E-state index is -0.440. The molecule has 3 amide bonds. The number of aromatic nitrogens is 1. The Morgan fingerprint density at radius 2 is 1.84 bits per heavy atom. The van der Waals surface area contributed by atoms with Crippen LogP contribution in [0.3, 0.4) is 0 Å². The molecule has 1 atom stereocenters. The second-order valence-electron chi connectivity index (χ2n) is 7.86. The molecule has 4 rings (SSSR count). The van der Waals surface area contributed by atoms with Crippen molar-refractivity contribution in [3.63, 3.8) is 0 Å². The third kappa shape index (κ3) is 5.19. The number of amides is 3. The van der Waals surface area contributed by atoms with Crippen molar-refractivity contribution in [1.82, 2.24) is 14.8 Å². The number of nitrogens with one attached hydrogen (secondary N) is 1. The van der Waals surface area contributed by atoms with E-state index < -0.39 is 6.04 Å². The summed E-state index contributed by atoms with van der Waals surface area (Å²) in [6.07, 6.45) is 7.80. The SMILES string of the molecule is O=C(Nc1nccs1)C1CCCN1C(=O)C1CCN(C(=O)/C=C/c2ccccc2)CC1. The quantitative estimate of drug-likeness (QED) is 0.728. The fourth-order valence-electron chi connectivity index (χ4n) is 4.20. The van der Waals surface area contributed by atoms with E-state index in [2.05, 4.69) is 10.3 Å². The zero-order valence-electron chi connectivity index (χ0n) is 17.3. The fourth-order valence-corrected chi connectivity index (χ4v) is 4.73. The van der Waals surface area contributed by atoms with Gasteiger partial charge in [0.25, 0.3) is 0 Å². The highest BCUT2D eigenvalue weighted by atomic mass is 32.1. The van der Waals surface area contributed by atoms with Crippen LogP contribution in [0.15, 0.2) is 48.0 Å². The van der Waals surface area contributed by atoms with Gasteiger partial charge in [0.1, 0.15) is 6.04 Å². The minimum Gasteiger partial charge on any atom is -0.339 e. The van der Waals surface area contributed by atoms with Crippen molar-refractivity contribution in [2.24, 2.45) is 5.92 Å². The number of thiazole rings is 1. The monoisotopic (exact) mass is 438 g/mol. The van der Waals surface area contributed by atoms with Gasteiger partial charge in [0.2, 0.25) is 17.7 Å². The van der Waals surface area contributed by atoms with Gasteiger partial charge in [-0.1, -0.05) is 30.3 Å². The second-order valence-corrected chi connectivity index (χ2v) is 8.75. The van der Waals surface area contributed by atoms with E-state index in [9.17, 15) is 14.4 Å². The molecular formula is C23H26N4O3S. The van der Waals surface area contributed by atoms with Crippen molar-refractivity contribution in [2.45, 2.75) is 31.7 Å². The van der Waals surface area contributed by atoms with E-state index in [0.29, 0.717) is 44.0 Å². The third-order valence-electron chi connectivity index (χ3n) is 5.87. The van der Waals surface area contributed by atoms with Gasteiger partial charge in [0.15, 0.2) is 5.13 Å². The molecule has 3 heterocycles. The molecule has 0 aliphatic carbocycles. The Hall–Kier alpha value is -3.00. The van der Waals surface area contributed by atoms with Crippen LogP contribution < -0.4 is 5.32 Å². The van der Waals surface area contributed by atoms with Crippen LogP contribution in [0.5, 0.6) is 0 Å². The third-order valence-corrected chi connectivity index (χ3v) is 6.56. The minimum absolute atomic E-state index is 0.0309. The number of anilines is 1. The van der Waals surface area contributed by atoms with E-state index in [0.717, 1.165) is 12.0 Å². The maximum atomic E-state index is 13.1. The van der Waals surface area contributed by atoms with Crippen LogP contribution in [0, 0.1) is 5.92 Å². The zero-order chi connectivity index (χ0) is 21.6. The fraction of sp³-hybridized carbons (Fsp3) is 0.391. The summed E-state index contributed by atoms with van der Waals surface area (Å²) in [6.45, 7) is 1.71. The molecule has 2 aliphatic heterocycles. The molecule has 2 saturated heterocycles. The van der Waals surface area contributed by atoms with E-state index in [4.69, 9.17) is 0 Å². The molecule has 0 bridgehead atoms. The maximum Gasteiger partial charge on any atom is 0.248 e. The van der Waals surface area contributed by atoms with E-state index >= 15 is 0 Å². The number of rotatable bonds is 5. The number of benzene rings is 1. The van der Waals surface area contributed by atoms with Gasteiger partial charge < -0.3 is 15.1 Å². The van der Waals surface area contributed by atoms with Gasteiger partial charge in [-0.3, -0.25) is 14.4 Å². The Morgan fingerprint density at radius 3 is 2.55 bits per heavy atom. The first-order valence-corrected chi connectivity index (χ1v) is 11.5. The first-order valence-electron chi connectivity index (χ1n) is 10.6. The van der Waals surface area contributed by atoms with Crippen molar-refractivity contribution < 1.29 is 14.4 Å². The summed E-state index contributed by atoms with van der Waals surface area (Å²) in [5, 5.41) is 5.17. The van der Waals surface area contributed by atoms with Gasteiger partial charge >= 0.3 is 0 Å². The predicted molar refractivity (Wildman–Crippen MR) is 120 cm³/mol. The number of nitrogens with zero attached hydrogens (tertiary/aromatic N) is 3. The van der Waals surface area contributed by atoms with Crippen LogP contribution in [0.25, 0.3) is 6.08 Å². The first kappa shape index (κ1) is 21.2. The molecule has 1 N–H and O–H groups in total. The largest absolute Gasteiger partial charge is 0.339 e. The molecule has 2 aromatic rings. The Labute approximate surface area is 185 Å². The van der Waals surface area contributed by atoms with E-state index in [1.54, 1.807) is 27.5 Å². The van der Waals surface area contributed by atoms with Crippen LogP contribution in [-0.2, 0) is 14.4 Å². The highest BCUT2D eigenvalue weighted by Crippen LogP contribution is 2.26. The topological polar surface area (TPSA) is 82.6 Å². The molecule has 7 nitrogen and oxygen atoms in total. The van der Waals surface area contributed by atoms with Crippen LogP contribution in [0.1, 0.15) is 31.2 Å². The molecule has 0 spiro atoms. The van der Waals surface area contributed by atoms with Crippen molar-refractivity contribution in [2.75, 3.05) is 25.0 Å². The molecule has 2 fully saturated rings. The molecule has 0 saturated carbocycles. The summed E-state index contributed by atoms with van der Waals surface area (Å²) in [7, 11) is 0. The molecule has 8 heteroatoms. The molecule has 2 aliphatic rings. The predicted octanol–water partition coefficient (Wildman–Crippen LogP) is 3.02. The molecule has 0 radical (unpaired) electrons. The van der Waals surface area contributed by atoms with Crippen molar-refractivity contribution in [1.29, 1.82) is 0 Å². The molecule has 31 heavy (non-hydrogen) atoms. The lowest BCUT2D eigenvalue weighted by molar-refractivity contribution is -0.142. The van der Waals surface area contributed by atoms with Crippen LogP contribution in [-0.4, -0.2) is 58.2 Å². The highest BCUT2D eigenvalue weighted by Gasteiger charge is 2.38. The number of piperidine rings is 1. The van der Waals surface area contributed by atoms with Gasteiger partial charge in [-0.15, -0.1) is 11.3 Å². The number of hydrogen-bond acceptors (Lipinski definition) is 5. The molecule has 1 unspecified atom stereocenters. The first-order chi connectivity index (χ1) is 15.1. The number of carbonyl (C=O) groups is 3. The molecule has 1 aromatic heterocycles. The van der Waals surface area contributed by atoms with E-state index in [1.165, 1.54) is 11.3 Å². The number of likely N-dealkylation sites (tertiary alicyclic amines) is 2. The number of carbonyl (C=O) groups excluding carboxylic acids is 3. The lowest BCUT2D eigenvalue weighted by atomic mass is 9.94. The van der Waals surface area contributed by atoms with E-state index in [-0.39, 0.29) is 23.6 Å². The summed E-state index contributed by atoms with van der Waals surface area (Å²) in [5.41, 5.74) is 0.983. The second kappa shape index (κ2) is 9.87. The maximum absolute atomic E-state index is 13.1. The van der Waals surface area contributed by atoms with Crippen LogP contribution in [0.2, 0.25) is 0 Å². The molecule has 1 aromatic carbocycles. The van der Waals surface area contributed by atoms with E-state index in [1.807, 2.05) is 36.4 Å². The van der Waals surface area contributed by atoms with Gasteiger partial charge in [-0.05, 0) is 37.3 Å². The Kier molecular flexibility index (Phi) is 6.76. The average molecular weight is 439 g/mol. The summed E-state index contributed by atoms with van der Waals surface area (Å²) in [6, 6.07) is 9.27.